The predicted octanol–water partition coefficient (Wildman–Crippen LogP) is 1.59. The van der Waals surface area contributed by atoms with Gasteiger partial charge in [0.15, 0.2) is 5.82 Å². The molecule has 0 amide bonds. The second-order valence-electron chi connectivity index (χ2n) is 3.43. The molecule has 0 spiro atoms. The molecule has 0 unspecified atom stereocenters. The molecule has 2 aromatic heterocycles. The van der Waals surface area contributed by atoms with Gasteiger partial charge in [-0.05, 0) is 46.6 Å². The molecule has 0 aromatic carbocycles. The third-order valence-corrected chi connectivity index (χ3v) is 2.59. The number of aryl methyl sites for hydroxylation is 1. The average molecular weight is 298 g/mol. The summed E-state index contributed by atoms with van der Waals surface area (Å²) in [7, 11) is 0. The van der Waals surface area contributed by atoms with E-state index in [9.17, 15) is 0 Å². The highest BCUT2D eigenvalue weighted by Gasteiger charge is 2.05. The average Bonchev–Trinajstić information content (AvgIpc) is 2.68. The molecular formula is C10H12BrN5O. The lowest BCUT2D eigenvalue weighted by Crippen LogP contribution is -2.05. The first-order valence-corrected chi connectivity index (χ1v) is 6.00. The Kier molecular flexibility index (Phi) is 3.68. The first-order valence-electron chi connectivity index (χ1n) is 5.20. The van der Waals surface area contributed by atoms with Crippen molar-refractivity contribution in [3.63, 3.8) is 0 Å². The van der Waals surface area contributed by atoms with Gasteiger partial charge in [-0.3, -0.25) is 0 Å². The zero-order valence-electron chi connectivity index (χ0n) is 9.59. The molecule has 0 atom stereocenters. The van der Waals surface area contributed by atoms with Gasteiger partial charge in [0.1, 0.15) is 0 Å². The summed E-state index contributed by atoms with van der Waals surface area (Å²) in [5, 5.41) is 11.8. The van der Waals surface area contributed by atoms with Crippen LogP contribution < -0.4 is 4.74 Å². The first kappa shape index (κ1) is 12.0. The van der Waals surface area contributed by atoms with Gasteiger partial charge in [0.05, 0.1) is 17.6 Å². The zero-order valence-corrected chi connectivity index (χ0v) is 11.2. The third-order valence-electron chi connectivity index (χ3n) is 2.02. The fourth-order valence-electron chi connectivity index (χ4n) is 1.35. The highest BCUT2D eigenvalue weighted by molar-refractivity contribution is 9.10. The lowest BCUT2D eigenvalue weighted by Gasteiger charge is -2.06. The smallest absolute Gasteiger partial charge is 0.227 e. The number of aromatic nitrogens is 5. The van der Waals surface area contributed by atoms with Crippen molar-refractivity contribution in [1.82, 2.24) is 25.2 Å². The number of hydrogen-bond acceptors (Lipinski definition) is 5. The number of ether oxygens (including phenoxy) is 1. The van der Waals surface area contributed by atoms with Gasteiger partial charge in [-0.25, -0.2) is 4.98 Å². The van der Waals surface area contributed by atoms with Crippen molar-refractivity contribution >= 4 is 15.9 Å². The topological polar surface area (TPSA) is 65.7 Å². The summed E-state index contributed by atoms with van der Waals surface area (Å²) in [4.78, 5) is 5.74. The van der Waals surface area contributed by atoms with Crippen molar-refractivity contribution in [1.29, 1.82) is 0 Å². The van der Waals surface area contributed by atoms with Crippen LogP contribution in [0.15, 0.2) is 16.7 Å². The van der Waals surface area contributed by atoms with Crippen LogP contribution in [0, 0.1) is 6.92 Å². The van der Waals surface area contributed by atoms with Crippen LogP contribution in [-0.2, 0) is 6.54 Å². The van der Waals surface area contributed by atoms with Crippen LogP contribution in [0.3, 0.4) is 0 Å². The normalized spacial score (nSPS) is 10.5. The van der Waals surface area contributed by atoms with E-state index in [1.54, 1.807) is 13.1 Å². The third kappa shape index (κ3) is 3.00. The van der Waals surface area contributed by atoms with Crippen LogP contribution in [0.4, 0.5) is 0 Å². The molecule has 2 aromatic rings. The van der Waals surface area contributed by atoms with Crippen LogP contribution in [-0.4, -0.2) is 31.8 Å². The van der Waals surface area contributed by atoms with Gasteiger partial charge in [-0.2, -0.15) is 4.80 Å². The maximum atomic E-state index is 5.34. The van der Waals surface area contributed by atoms with E-state index in [2.05, 4.69) is 36.3 Å². The van der Waals surface area contributed by atoms with E-state index in [1.807, 2.05) is 13.0 Å². The molecule has 0 fully saturated rings. The minimum atomic E-state index is 0.541. The molecule has 2 heterocycles. The van der Waals surface area contributed by atoms with Crippen molar-refractivity contribution in [2.24, 2.45) is 0 Å². The fraction of sp³-hybridized carbons (Fsp3) is 0.400. The molecule has 0 radical (unpaired) electrons. The number of tetrazole rings is 1. The number of rotatable bonds is 4. The molecule has 0 N–H and O–H groups in total. The second kappa shape index (κ2) is 5.22. The van der Waals surface area contributed by atoms with Gasteiger partial charge in [0, 0.05) is 6.20 Å². The highest BCUT2D eigenvalue weighted by atomic mass is 79.9. The van der Waals surface area contributed by atoms with Crippen molar-refractivity contribution in [2.75, 3.05) is 6.61 Å². The van der Waals surface area contributed by atoms with Gasteiger partial charge in [0.2, 0.25) is 5.88 Å². The Balaban J connectivity index is 2.14. The minimum Gasteiger partial charge on any atom is -0.477 e. The summed E-state index contributed by atoms with van der Waals surface area (Å²) >= 11 is 3.41. The standard InChI is InChI=1S/C10H12BrN5O/c1-3-17-10-9(11)4-8(5-12-10)6-16-14-7(2)13-15-16/h4-5H,3,6H2,1-2H3. The van der Waals surface area contributed by atoms with Crippen molar-refractivity contribution in [3.8, 4) is 5.88 Å². The maximum Gasteiger partial charge on any atom is 0.227 e. The Morgan fingerprint density at radius 2 is 2.29 bits per heavy atom. The first-order chi connectivity index (χ1) is 8.19. The molecule has 0 saturated carbocycles. The van der Waals surface area contributed by atoms with Gasteiger partial charge < -0.3 is 4.74 Å². The Labute approximate surface area is 107 Å². The predicted molar refractivity (Wildman–Crippen MR) is 64.8 cm³/mol. The Hall–Kier alpha value is -1.50. The molecule has 90 valence electrons. The van der Waals surface area contributed by atoms with Gasteiger partial charge in [-0.15, -0.1) is 10.2 Å². The van der Waals surface area contributed by atoms with E-state index < -0.39 is 0 Å². The molecule has 17 heavy (non-hydrogen) atoms. The lowest BCUT2D eigenvalue weighted by molar-refractivity contribution is 0.324. The quantitative estimate of drug-likeness (QED) is 0.857. The van der Waals surface area contributed by atoms with Crippen molar-refractivity contribution < 1.29 is 4.74 Å². The maximum absolute atomic E-state index is 5.34. The summed E-state index contributed by atoms with van der Waals surface area (Å²) in [6.07, 6.45) is 1.74. The Bertz CT molecular complexity index is 513. The summed E-state index contributed by atoms with van der Waals surface area (Å²) in [6, 6.07) is 1.94. The number of hydrogen-bond donors (Lipinski definition) is 0. The molecular weight excluding hydrogens is 286 g/mol. The van der Waals surface area contributed by atoms with Crippen molar-refractivity contribution in [2.45, 2.75) is 20.4 Å². The molecule has 0 bridgehead atoms. The van der Waals surface area contributed by atoms with E-state index in [0.717, 1.165) is 10.0 Å². The zero-order chi connectivity index (χ0) is 12.3. The van der Waals surface area contributed by atoms with Crippen LogP contribution in [0.25, 0.3) is 0 Å². The monoisotopic (exact) mass is 297 g/mol. The van der Waals surface area contributed by atoms with Crippen molar-refractivity contribution in [3.05, 3.63) is 28.1 Å². The number of halogens is 1. The van der Waals surface area contributed by atoms with E-state index in [-0.39, 0.29) is 0 Å². The molecule has 0 aliphatic carbocycles. The van der Waals surface area contributed by atoms with E-state index in [1.165, 1.54) is 4.80 Å². The van der Waals surface area contributed by atoms with E-state index in [0.29, 0.717) is 24.9 Å². The van der Waals surface area contributed by atoms with Crippen LogP contribution in [0.5, 0.6) is 5.88 Å². The minimum absolute atomic E-state index is 0.541. The second-order valence-corrected chi connectivity index (χ2v) is 4.28. The lowest BCUT2D eigenvalue weighted by atomic mass is 10.3. The molecule has 0 aliphatic rings. The summed E-state index contributed by atoms with van der Waals surface area (Å²) < 4.78 is 6.17. The summed E-state index contributed by atoms with van der Waals surface area (Å²) in [6.45, 7) is 4.85. The largest absolute Gasteiger partial charge is 0.477 e. The van der Waals surface area contributed by atoms with Gasteiger partial charge >= 0.3 is 0 Å². The van der Waals surface area contributed by atoms with Gasteiger partial charge in [-0.1, -0.05) is 0 Å². The van der Waals surface area contributed by atoms with E-state index in [4.69, 9.17) is 4.74 Å². The molecule has 0 saturated heterocycles. The molecule has 2 rings (SSSR count). The van der Waals surface area contributed by atoms with Crippen LogP contribution in [0.1, 0.15) is 18.3 Å². The molecule has 0 aliphatic heterocycles. The van der Waals surface area contributed by atoms with Gasteiger partial charge in [0.25, 0.3) is 0 Å². The van der Waals surface area contributed by atoms with E-state index >= 15 is 0 Å². The Morgan fingerprint density at radius 3 is 2.88 bits per heavy atom. The number of pyridine rings is 1. The number of nitrogens with zero attached hydrogens (tertiary/aromatic N) is 5. The van der Waals surface area contributed by atoms with Crippen LogP contribution in [0.2, 0.25) is 0 Å². The molecule has 6 nitrogen and oxygen atoms in total. The fourth-order valence-corrected chi connectivity index (χ4v) is 1.86. The summed E-state index contributed by atoms with van der Waals surface area (Å²) in [5.74, 6) is 1.25. The Morgan fingerprint density at radius 1 is 1.47 bits per heavy atom. The highest BCUT2D eigenvalue weighted by Crippen LogP contribution is 2.23. The SMILES string of the molecule is CCOc1ncc(Cn2nnc(C)n2)cc1Br. The van der Waals surface area contributed by atoms with Crippen LogP contribution >= 0.6 is 15.9 Å². The molecule has 7 heteroatoms. The summed E-state index contributed by atoms with van der Waals surface area (Å²) in [5.41, 5.74) is 0.984.